The lowest BCUT2D eigenvalue weighted by Crippen LogP contribution is -2.29. The quantitative estimate of drug-likeness (QED) is 0.844. The molecule has 0 spiro atoms. The molecule has 0 heterocycles. The van der Waals surface area contributed by atoms with Gasteiger partial charge < -0.3 is 5.11 Å². The highest BCUT2D eigenvalue weighted by Crippen LogP contribution is 2.23. The summed E-state index contributed by atoms with van der Waals surface area (Å²) in [6.45, 7) is 7.97. The van der Waals surface area contributed by atoms with Gasteiger partial charge in [0.1, 0.15) is 0 Å². The maximum Gasteiger partial charge on any atom is 0.303 e. The molecule has 0 amide bonds. The highest BCUT2D eigenvalue weighted by molar-refractivity contribution is 7.89. The minimum atomic E-state index is -3.60. The zero-order chi connectivity index (χ0) is 16.3. The average molecular weight is 313 g/mol. The van der Waals surface area contributed by atoms with Gasteiger partial charge >= 0.3 is 5.97 Å². The van der Waals surface area contributed by atoms with E-state index in [1.54, 1.807) is 31.2 Å². The predicted molar refractivity (Wildman–Crippen MR) is 81.7 cm³/mol. The Morgan fingerprint density at radius 1 is 1.24 bits per heavy atom. The molecule has 0 aliphatic heterocycles. The molecule has 0 aliphatic rings. The van der Waals surface area contributed by atoms with Crippen LogP contribution in [0, 0.1) is 5.92 Å². The lowest BCUT2D eigenvalue weighted by molar-refractivity contribution is -0.137. The van der Waals surface area contributed by atoms with Gasteiger partial charge in [-0.2, -0.15) is 0 Å². The molecule has 0 saturated heterocycles. The van der Waals surface area contributed by atoms with Crippen molar-refractivity contribution in [3.63, 3.8) is 0 Å². The third kappa shape index (κ3) is 5.47. The molecule has 2 N–H and O–H groups in total. The van der Waals surface area contributed by atoms with Crippen LogP contribution in [-0.4, -0.2) is 26.0 Å². The van der Waals surface area contributed by atoms with Crippen LogP contribution >= 0.6 is 0 Å². The summed E-state index contributed by atoms with van der Waals surface area (Å²) < 4.78 is 26.7. The van der Waals surface area contributed by atoms with Crippen LogP contribution in [0.3, 0.4) is 0 Å². The number of carbonyl (C=O) groups is 1. The smallest absolute Gasteiger partial charge is 0.303 e. The summed E-state index contributed by atoms with van der Waals surface area (Å²) in [7, 11) is -3.60. The van der Waals surface area contributed by atoms with Crippen molar-refractivity contribution < 1.29 is 18.3 Å². The van der Waals surface area contributed by atoms with Crippen molar-refractivity contribution in [1.82, 2.24) is 4.72 Å². The Kier molecular flexibility index (Phi) is 5.53. The van der Waals surface area contributed by atoms with Crippen LogP contribution in [0.1, 0.15) is 39.7 Å². The highest BCUT2D eigenvalue weighted by Gasteiger charge is 2.18. The van der Waals surface area contributed by atoms with Crippen LogP contribution in [0.25, 0.3) is 0 Å². The number of carboxylic acids is 1. The van der Waals surface area contributed by atoms with E-state index in [-0.39, 0.29) is 29.2 Å². The molecule has 118 valence electrons. The lowest BCUT2D eigenvalue weighted by Gasteiger charge is -2.19. The molecule has 0 aliphatic carbocycles. The fourth-order valence-corrected chi connectivity index (χ4v) is 3.00. The second kappa shape index (κ2) is 6.58. The van der Waals surface area contributed by atoms with E-state index < -0.39 is 16.0 Å². The number of carboxylic acid groups (broad SMARTS) is 1. The fourth-order valence-electron chi connectivity index (χ4n) is 1.84. The third-order valence-electron chi connectivity index (χ3n) is 3.18. The zero-order valence-corrected chi connectivity index (χ0v) is 13.7. The first-order valence-electron chi connectivity index (χ1n) is 6.84. The first kappa shape index (κ1) is 17.7. The first-order chi connectivity index (χ1) is 9.52. The average Bonchev–Trinajstić information content (AvgIpc) is 2.35. The standard InChI is InChI=1S/C15H23NO4S/c1-11(9-14(17)18)10-16-21(19,20)13-7-5-12(6-8-13)15(2,3)4/h5-8,11,16H,9-10H2,1-4H3,(H,17,18). The Hall–Kier alpha value is -1.40. The number of hydrogen-bond donors (Lipinski definition) is 2. The van der Waals surface area contributed by atoms with Gasteiger partial charge in [0.15, 0.2) is 0 Å². The minimum absolute atomic E-state index is 0.0360. The van der Waals surface area contributed by atoms with E-state index >= 15 is 0 Å². The molecule has 0 saturated carbocycles. The summed E-state index contributed by atoms with van der Waals surface area (Å²) >= 11 is 0. The van der Waals surface area contributed by atoms with Crippen molar-refractivity contribution in [3.8, 4) is 0 Å². The summed E-state index contributed by atoms with van der Waals surface area (Å²) in [6, 6.07) is 6.75. The van der Waals surface area contributed by atoms with Crippen LogP contribution in [0.2, 0.25) is 0 Å². The van der Waals surface area contributed by atoms with Crippen molar-refractivity contribution in [2.24, 2.45) is 5.92 Å². The van der Waals surface area contributed by atoms with Crippen molar-refractivity contribution in [1.29, 1.82) is 0 Å². The van der Waals surface area contributed by atoms with Gasteiger partial charge in [0.2, 0.25) is 10.0 Å². The van der Waals surface area contributed by atoms with E-state index in [4.69, 9.17) is 5.11 Å². The molecule has 1 rings (SSSR count). The molecule has 0 bridgehead atoms. The largest absolute Gasteiger partial charge is 0.481 e. The van der Waals surface area contributed by atoms with Crippen LogP contribution in [0.5, 0.6) is 0 Å². The lowest BCUT2D eigenvalue weighted by atomic mass is 9.87. The SMILES string of the molecule is CC(CNS(=O)(=O)c1ccc(C(C)(C)C)cc1)CC(=O)O. The van der Waals surface area contributed by atoms with Crippen LogP contribution in [-0.2, 0) is 20.2 Å². The number of aliphatic carboxylic acids is 1. The minimum Gasteiger partial charge on any atom is -0.481 e. The molecule has 0 aromatic heterocycles. The maximum absolute atomic E-state index is 12.1. The van der Waals surface area contributed by atoms with Crippen molar-refractivity contribution in [3.05, 3.63) is 29.8 Å². The Balaban J connectivity index is 2.77. The Morgan fingerprint density at radius 3 is 2.19 bits per heavy atom. The summed E-state index contributed by atoms with van der Waals surface area (Å²) in [5.41, 5.74) is 1.02. The number of rotatable bonds is 6. The summed E-state index contributed by atoms with van der Waals surface area (Å²) in [4.78, 5) is 10.8. The van der Waals surface area contributed by atoms with Crippen LogP contribution < -0.4 is 4.72 Å². The maximum atomic E-state index is 12.1. The molecule has 21 heavy (non-hydrogen) atoms. The Morgan fingerprint density at radius 2 is 1.76 bits per heavy atom. The van der Waals surface area contributed by atoms with E-state index in [9.17, 15) is 13.2 Å². The van der Waals surface area contributed by atoms with Gasteiger partial charge in [-0.1, -0.05) is 39.8 Å². The van der Waals surface area contributed by atoms with E-state index in [0.29, 0.717) is 0 Å². The topological polar surface area (TPSA) is 83.5 Å². The molecular formula is C15H23NO4S. The summed E-state index contributed by atoms with van der Waals surface area (Å²) in [5, 5.41) is 8.66. The number of sulfonamides is 1. The van der Waals surface area contributed by atoms with Gasteiger partial charge in [0, 0.05) is 13.0 Å². The molecule has 1 aromatic carbocycles. The molecule has 0 radical (unpaired) electrons. The Labute approximate surface area is 126 Å². The van der Waals surface area contributed by atoms with E-state index in [1.165, 1.54) is 0 Å². The third-order valence-corrected chi connectivity index (χ3v) is 4.62. The highest BCUT2D eigenvalue weighted by atomic mass is 32.2. The van der Waals surface area contributed by atoms with Crippen molar-refractivity contribution >= 4 is 16.0 Å². The molecule has 1 atom stereocenters. The van der Waals surface area contributed by atoms with Gasteiger partial charge in [0.25, 0.3) is 0 Å². The second-order valence-electron chi connectivity index (χ2n) is 6.33. The number of nitrogens with one attached hydrogen (secondary N) is 1. The van der Waals surface area contributed by atoms with Crippen molar-refractivity contribution in [2.75, 3.05) is 6.54 Å². The van der Waals surface area contributed by atoms with Crippen molar-refractivity contribution in [2.45, 2.75) is 44.4 Å². The number of hydrogen-bond acceptors (Lipinski definition) is 3. The molecule has 1 unspecified atom stereocenters. The van der Waals surface area contributed by atoms with Gasteiger partial charge in [-0.05, 0) is 29.0 Å². The first-order valence-corrected chi connectivity index (χ1v) is 8.32. The van der Waals surface area contributed by atoms with Gasteiger partial charge in [-0.25, -0.2) is 13.1 Å². The summed E-state index contributed by atoms with van der Waals surface area (Å²) in [6.07, 6.45) is -0.0640. The molecule has 0 fully saturated rings. The van der Waals surface area contributed by atoms with E-state index in [0.717, 1.165) is 5.56 Å². The van der Waals surface area contributed by atoms with Gasteiger partial charge in [-0.15, -0.1) is 0 Å². The van der Waals surface area contributed by atoms with Crippen LogP contribution in [0.15, 0.2) is 29.2 Å². The Bertz CT molecular complexity index is 585. The number of benzene rings is 1. The van der Waals surface area contributed by atoms with E-state index in [2.05, 4.69) is 25.5 Å². The predicted octanol–water partition coefficient (Wildman–Crippen LogP) is 2.37. The van der Waals surface area contributed by atoms with E-state index in [1.807, 2.05) is 0 Å². The van der Waals surface area contributed by atoms with Crippen LogP contribution in [0.4, 0.5) is 0 Å². The fraction of sp³-hybridized carbons (Fsp3) is 0.533. The molecule has 1 aromatic rings. The molecule has 5 nitrogen and oxygen atoms in total. The van der Waals surface area contributed by atoms with Gasteiger partial charge in [-0.3, -0.25) is 4.79 Å². The second-order valence-corrected chi connectivity index (χ2v) is 8.10. The normalized spacial score (nSPS) is 13.9. The molecular weight excluding hydrogens is 290 g/mol. The van der Waals surface area contributed by atoms with Gasteiger partial charge in [0.05, 0.1) is 4.90 Å². The molecule has 6 heteroatoms. The zero-order valence-electron chi connectivity index (χ0n) is 12.9. The monoisotopic (exact) mass is 313 g/mol. The summed E-state index contributed by atoms with van der Waals surface area (Å²) in [5.74, 6) is -1.19.